The Kier molecular flexibility index (Phi) is 3.79. The average Bonchev–Trinajstić information content (AvgIpc) is 3.31. The van der Waals surface area contributed by atoms with Gasteiger partial charge >= 0.3 is 5.97 Å². The van der Waals surface area contributed by atoms with Gasteiger partial charge in [-0.2, -0.15) is 0 Å². The number of esters is 1. The highest BCUT2D eigenvalue weighted by Crippen LogP contribution is 2.37. The molecule has 130 valence electrons. The zero-order valence-corrected chi connectivity index (χ0v) is 13.6. The largest absolute Gasteiger partial charge is 0.459 e. The molecule has 4 rings (SSSR count). The number of carbonyl (C=O) groups excluding carboxylic acids is 2. The lowest BCUT2D eigenvalue weighted by Gasteiger charge is -2.16. The summed E-state index contributed by atoms with van der Waals surface area (Å²) in [5.74, 6) is 0.837. The van der Waals surface area contributed by atoms with Gasteiger partial charge in [-0.05, 0) is 19.1 Å². The van der Waals surface area contributed by atoms with Crippen LogP contribution in [0.25, 0.3) is 0 Å². The van der Waals surface area contributed by atoms with Gasteiger partial charge < -0.3 is 23.6 Å². The summed E-state index contributed by atoms with van der Waals surface area (Å²) in [6.07, 6.45) is 0.116. The molecular formula is C17H16N2O6. The lowest BCUT2D eigenvalue weighted by Crippen LogP contribution is -2.26. The third-order valence-electron chi connectivity index (χ3n) is 4.17. The van der Waals surface area contributed by atoms with Gasteiger partial charge in [0.1, 0.15) is 18.1 Å². The molecule has 0 aliphatic carbocycles. The first-order valence-electron chi connectivity index (χ1n) is 7.89. The quantitative estimate of drug-likeness (QED) is 0.781. The predicted molar refractivity (Wildman–Crippen MR) is 84.1 cm³/mol. The Hall–Kier alpha value is -3.03. The van der Waals surface area contributed by atoms with Crippen LogP contribution in [0.4, 0.5) is 5.69 Å². The summed E-state index contributed by atoms with van der Waals surface area (Å²) < 4.78 is 20.8. The molecule has 2 aliphatic heterocycles. The van der Waals surface area contributed by atoms with Gasteiger partial charge in [-0.3, -0.25) is 9.59 Å². The van der Waals surface area contributed by atoms with Gasteiger partial charge in [0.2, 0.25) is 12.7 Å². The van der Waals surface area contributed by atoms with Crippen LogP contribution in [0.2, 0.25) is 0 Å². The Morgan fingerprint density at radius 2 is 2.16 bits per heavy atom. The van der Waals surface area contributed by atoms with E-state index < -0.39 is 11.9 Å². The maximum atomic E-state index is 12.3. The molecule has 0 N–H and O–H groups in total. The lowest BCUT2D eigenvalue weighted by molar-refractivity contribution is -0.149. The molecule has 1 fully saturated rings. The lowest BCUT2D eigenvalue weighted by atomic mass is 10.1. The van der Waals surface area contributed by atoms with E-state index >= 15 is 0 Å². The van der Waals surface area contributed by atoms with E-state index in [1.165, 1.54) is 0 Å². The third kappa shape index (κ3) is 3.02. The van der Waals surface area contributed by atoms with E-state index in [0.717, 1.165) is 0 Å². The Morgan fingerprint density at radius 3 is 2.96 bits per heavy atom. The first-order chi connectivity index (χ1) is 12.1. The van der Waals surface area contributed by atoms with E-state index in [1.807, 2.05) is 0 Å². The van der Waals surface area contributed by atoms with Crippen LogP contribution < -0.4 is 14.4 Å². The number of aromatic nitrogens is 1. The molecule has 1 saturated heterocycles. The molecule has 2 aromatic rings. The number of hydrogen-bond donors (Lipinski definition) is 0. The van der Waals surface area contributed by atoms with Gasteiger partial charge in [0.05, 0.1) is 5.92 Å². The SMILES string of the molecule is Cc1cc(COC(=O)[C@@H]2CC(=O)N(c3ccc4c(c3)OCO4)C2)no1. The van der Waals surface area contributed by atoms with E-state index in [2.05, 4.69) is 5.16 Å². The van der Waals surface area contributed by atoms with Crippen LogP contribution >= 0.6 is 0 Å². The van der Waals surface area contributed by atoms with E-state index in [0.29, 0.717) is 28.6 Å². The molecule has 1 amide bonds. The van der Waals surface area contributed by atoms with Gasteiger partial charge in [-0.1, -0.05) is 5.16 Å². The van der Waals surface area contributed by atoms with Crippen LogP contribution in [0.1, 0.15) is 17.9 Å². The van der Waals surface area contributed by atoms with Crippen molar-refractivity contribution in [2.45, 2.75) is 20.0 Å². The topological polar surface area (TPSA) is 91.1 Å². The maximum Gasteiger partial charge on any atom is 0.311 e. The number of hydrogen-bond acceptors (Lipinski definition) is 7. The minimum atomic E-state index is -0.508. The maximum absolute atomic E-state index is 12.3. The zero-order valence-electron chi connectivity index (χ0n) is 13.6. The highest BCUT2D eigenvalue weighted by atomic mass is 16.7. The minimum Gasteiger partial charge on any atom is -0.459 e. The molecule has 1 atom stereocenters. The number of aryl methyl sites for hydroxylation is 1. The fraction of sp³-hybridized carbons (Fsp3) is 0.353. The molecule has 25 heavy (non-hydrogen) atoms. The number of nitrogens with zero attached hydrogens (tertiary/aromatic N) is 2. The minimum absolute atomic E-state index is 0.0326. The number of benzene rings is 1. The van der Waals surface area contributed by atoms with Crippen LogP contribution in [-0.4, -0.2) is 30.4 Å². The Morgan fingerprint density at radius 1 is 1.32 bits per heavy atom. The van der Waals surface area contributed by atoms with Crippen molar-refractivity contribution in [1.29, 1.82) is 0 Å². The van der Waals surface area contributed by atoms with E-state index in [1.54, 1.807) is 36.1 Å². The second kappa shape index (κ2) is 6.12. The normalized spacial score (nSPS) is 18.7. The smallest absolute Gasteiger partial charge is 0.311 e. The number of fused-ring (bicyclic) bond motifs is 1. The van der Waals surface area contributed by atoms with Gasteiger partial charge in [0.15, 0.2) is 11.5 Å². The molecule has 0 spiro atoms. The van der Waals surface area contributed by atoms with Crippen molar-refractivity contribution in [3.8, 4) is 11.5 Å². The number of carbonyl (C=O) groups is 2. The standard InChI is InChI=1S/C17H16N2O6/c1-10-4-12(18-25-10)8-22-17(21)11-5-16(20)19(7-11)13-2-3-14-15(6-13)24-9-23-14/h2-4,6,11H,5,7-9H2,1H3/t11-/m1/s1. The van der Waals surface area contributed by atoms with Crippen molar-refractivity contribution >= 4 is 17.6 Å². The molecule has 3 heterocycles. The molecule has 0 bridgehead atoms. The van der Waals surface area contributed by atoms with Crippen LogP contribution in [0.15, 0.2) is 28.8 Å². The number of rotatable bonds is 4. The van der Waals surface area contributed by atoms with Crippen LogP contribution in [0.3, 0.4) is 0 Å². The van der Waals surface area contributed by atoms with Crippen molar-refractivity contribution < 1.29 is 28.3 Å². The first kappa shape index (κ1) is 15.5. The summed E-state index contributed by atoms with van der Waals surface area (Å²) in [5, 5.41) is 3.77. The first-order valence-corrected chi connectivity index (χ1v) is 7.89. The van der Waals surface area contributed by atoms with Gasteiger partial charge in [0.25, 0.3) is 0 Å². The van der Waals surface area contributed by atoms with Crippen molar-refractivity contribution in [2.75, 3.05) is 18.2 Å². The number of amides is 1. The summed E-state index contributed by atoms with van der Waals surface area (Å²) in [7, 11) is 0. The summed E-state index contributed by atoms with van der Waals surface area (Å²) in [4.78, 5) is 26.1. The fourth-order valence-corrected chi connectivity index (χ4v) is 2.92. The molecule has 8 nitrogen and oxygen atoms in total. The summed E-state index contributed by atoms with van der Waals surface area (Å²) in [6.45, 7) is 2.24. The summed E-state index contributed by atoms with van der Waals surface area (Å²) in [6, 6.07) is 6.97. The predicted octanol–water partition coefficient (Wildman–Crippen LogP) is 1.81. The van der Waals surface area contributed by atoms with Crippen molar-refractivity contribution in [3.63, 3.8) is 0 Å². The monoisotopic (exact) mass is 344 g/mol. The molecule has 1 aromatic carbocycles. The van der Waals surface area contributed by atoms with Crippen LogP contribution in [0.5, 0.6) is 11.5 Å². The molecule has 0 radical (unpaired) electrons. The Bertz CT molecular complexity index is 830. The molecule has 0 saturated carbocycles. The highest BCUT2D eigenvalue weighted by molar-refractivity contribution is 5.99. The third-order valence-corrected chi connectivity index (χ3v) is 4.17. The van der Waals surface area contributed by atoms with Gasteiger partial charge in [-0.15, -0.1) is 0 Å². The van der Waals surface area contributed by atoms with Crippen LogP contribution in [0, 0.1) is 12.8 Å². The highest BCUT2D eigenvalue weighted by Gasteiger charge is 2.36. The Balaban J connectivity index is 1.40. The number of anilines is 1. The summed E-state index contributed by atoms with van der Waals surface area (Å²) >= 11 is 0. The second-order valence-corrected chi connectivity index (χ2v) is 5.98. The van der Waals surface area contributed by atoms with Crippen molar-refractivity contribution in [2.24, 2.45) is 5.92 Å². The molecule has 0 unspecified atom stereocenters. The average molecular weight is 344 g/mol. The van der Waals surface area contributed by atoms with E-state index in [4.69, 9.17) is 18.7 Å². The van der Waals surface area contributed by atoms with Gasteiger partial charge in [-0.25, -0.2) is 0 Å². The molecular weight excluding hydrogens is 328 g/mol. The van der Waals surface area contributed by atoms with Crippen molar-refractivity contribution in [1.82, 2.24) is 5.16 Å². The molecule has 2 aliphatic rings. The zero-order chi connectivity index (χ0) is 17.4. The molecule has 1 aromatic heterocycles. The van der Waals surface area contributed by atoms with Gasteiger partial charge in [0, 0.05) is 30.8 Å². The number of ether oxygens (including phenoxy) is 3. The Labute approximate surface area is 143 Å². The second-order valence-electron chi connectivity index (χ2n) is 5.98. The van der Waals surface area contributed by atoms with Crippen molar-refractivity contribution in [3.05, 3.63) is 35.7 Å². The van der Waals surface area contributed by atoms with E-state index in [-0.39, 0.29) is 32.3 Å². The fourth-order valence-electron chi connectivity index (χ4n) is 2.92. The summed E-state index contributed by atoms with van der Waals surface area (Å²) in [5.41, 5.74) is 1.22. The van der Waals surface area contributed by atoms with E-state index in [9.17, 15) is 9.59 Å². The van der Waals surface area contributed by atoms with Crippen LogP contribution in [-0.2, 0) is 20.9 Å². The molecule has 8 heteroatoms.